The number of hydrogen-bond donors (Lipinski definition) is 1. The van der Waals surface area contributed by atoms with Gasteiger partial charge in [-0.25, -0.2) is 4.79 Å². The van der Waals surface area contributed by atoms with E-state index < -0.39 is 0 Å². The fourth-order valence-corrected chi connectivity index (χ4v) is 4.09. The van der Waals surface area contributed by atoms with Crippen molar-refractivity contribution in [1.29, 1.82) is 0 Å². The van der Waals surface area contributed by atoms with E-state index in [2.05, 4.69) is 86.2 Å². The number of rotatable bonds is 3. The molecule has 1 aliphatic heterocycles. The van der Waals surface area contributed by atoms with Crippen LogP contribution in [0.25, 0.3) is 0 Å². The molecule has 150 valence electrons. The lowest BCUT2D eigenvalue weighted by atomic mass is 9.96. The van der Waals surface area contributed by atoms with Gasteiger partial charge in [0.05, 0.1) is 6.04 Å². The molecule has 0 unspecified atom stereocenters. The molecule has 0 radical (unpaired) electrons. The number of nitrogens with zero attached hydrogens (tertiary/aromatic N) is 2. The Labute approximate surface area is 173 Å². The van der Waals surface area contributed by atoms with Gasteiger partial charge in [-0.2, -0.15) is 0 Å². The van der Waals surface area contributed by atoms with Crippen LogP contribution in [0.3, 0.4) is 0 Å². The number of hydrogen-bond acceptors (Lipinski definition) is 1. The van der Waals surface area contributed by atoms with Crippen LogP contribution in [0.1, 0.15) is 53.8 Å². The van der Waals surface area contributed by atoms with Crippen molar-refractivity contribution in [2.45, 2.75) is 46.2 Å². The van der Waals surface area contributed by atoms with Gasteiger partial charge in [-0.3, -0.25) is 0 Å². The summed E-state index contributed by atoms with van der Waals surface area (Å²) in [6, 6.07) is 18.8. The Morgan fingerprint density at radius 3 is 2.48 bits per heavy atom. The van der Waals surface area contributed by atoms with Crippen molar-refractivity contribution in [3.63, 3.8) is 0 Å². The second-order valence-corrected chi connectivity index (χ2v) is 8.22. The van der Waals surface area contributed by atoms with Gasteiger partial charge in [-0.15, -0.1) is 0 Å². The molecule has 0 aliphatic carbocycles. The third-order valence-electron chi connectivity index (χ3n) is 6.06. The summed E-state index contributed by atoms with van der Waals surface area (Å²) >= 11 is 0. The lowest BCUT2D eigenvalue weighted by Gasteiger charge is -2.37. The van der Waals surface area contributed by atoms with Gasteiger partial charge in [0.1, 0.15) is 0 Å². The van der Waals surface area contributed by atoms with Crippen molar-refractivity contribution < 1.29 is 4.79 Å². The molecule has 2 aromatic carbocycles. The number of benzene rings is 2. The van der Waals surface area contributed by atoms with Crippen molar-refractivity contribution >= 4 is 11.7 Å². The van der Waals surface area contributed by atoms with Crippen LogP contribution in [0.15, 0.2) is 60.8 Å². The minimum absolute atomic E-state index is 0.0518. The Balaban J connectivity index is 1.67. The molecule has 29 heavy (non-hydrogen) atoms. The van der Waals surface area contributed by atoms with Crippen LogP contribution in [0.4, 0.5) is 10.5 Å². The van der Waals surface area contributed by atoms with Crippen LogP contribution >= 0.6 is 0 Å². The molecule has 0 saturated carbocycles. The average molecular weight is 388 g/mol. The number of aromatic nitrogens is 1. The minimum atomic E-state index is -0.0925. The first kappa shape index (κ1) is 19.3. The van der Waals surface area contributed by atoms with E-state index in [9.17, 15) is 4.79 Å². The summed E-state index contributed by atoms with van der Waals surface area (Å²) in [5.74, 6) is 0.489. The number of carbonyl (C=O) groups is 1. The van der Waals surface area contributed by atoms with Gasteiger partial charge in [0.15, 0.2) is 0 Å². The number of urea groups is 1. The Bertz CT molecular complexity index is 1020. The first-order valence-electron chi connectivity index (χ1n) is 10.3. The number of fused-ring (bicyclic) bond motifs is 1. The Morgan fingerprint density at radius 2 is 1.76 bits per heavy atom. The molecule has 0 bridgehead atoms. The summed E-state index contributed by atoms with van der Waals surface area (Å²) in [6.07, 6.45) is 2.10. The van der Waals surface area contributed by atoms with E-state index in [0.717, 1.165) is 29.1 Å². The molecule has 1 aromatic heterocycles. The molecule has 1 atom stereocenters. The maximum atomic E-state index is 13.3. The minimum Gasteiger partial charge on any atom is -0.348 e. The summed E-state index contributed by atoms with van der Waals surface area (Å²) in [7, 11) is 0. The third-order valence-corrected chi connectivity index (χ3v) is 6.06. The number of carbonyl (C=O) groups excluding carboxylic acids is 1. The average Bonchev–Trinajstić information content (AvgIpc) is 3.19. The highest BCUT2D eigenvalue weighted by molar-refractivity contribution is 5.91. The highest BCUT2D eigenvalue weighted by atomic mass is 16.2. The second kappa shape index (κ2) is 7.78. The van der Waals surface area contributed by atoms with Gasteiger partial charge < -0.3 is 14.8 Å². The van der Waals surface area contributed by atoms with Gasteiger partial charge in [-0.1, -0.05) is 50.2 Å². The van der Waals surface area contributed by atoms with Crippen LogP contribution < -0.4 is 5.32 Å². The number of amides is 2. The van der Waals surface area contributed by atoms with Crippen LogP contribution in [0, 0.1) is 13.8 Å². The van der Waals surface area contributed by atoms with Crippen molar-refractivity contribution in [2.24, 2.45) is 0 Å². The van der Waals surface area contributed by atoms with E-state index in [-0.39, 0.29) is 12.1 Å². The molecule has 1 N–H and O–H groups in total. The molecule has 3 aromatic rings. The molecule has 4 heteroatoms. The zero-order valence-electron chi connectivity index (χ0n) is 17.6. The molecule has 0 saturated heterocycles. The van der Waals surface area contributed by atoms with Crippen molar-refractivity contribution in [3.8, 4) is 0 Å². The smallest absolute Gasteiger partial charge is 0.322 e. The van der Waals surface area contributed by atoms with E-state index >= 15 is 0 Å². The second-order valence-electron chi connectivity index (χ2n) is 8.22. The molecular weight excluding hydrogens is 358 g/mol. The Hall–Kier alpha value is -3.01. The summed E-state index contributed by atoms with van der Waals surface area (Å²) in [4.78, 5) is 15.3. The van der Waals surface area contributed by atoms with Crippen LogP contribution in [-0.2, 0) is 6.54 Å². The van der Waals surface area contributed by atoms with E-state index in [1.165, 1.54) is 11.1 Å². The number of nitrogens with one attached hydrogen (secondary N) is 1. The van der Waals surface area contributed by atoms with Crippen LogP contribution in [-0.4, -0.2) is 22.0 Å². The third kappa shape index (κ3) is 3.67. The molecule has 1 aliphatic rings. The van der Waals surface area contributed by atoms with Crippen molar-refractivity contribution in [2.75, 3.05) is 11.9 Å². The standard InChI is InChI=1S/C25H29N3O/c1-17(2)20-10-12-21(13-11-20)24-23-9-6-14-27(23)15-16-28(24)25(29)26-22-8-5-7-18(3)19(22)4/h5-14,17,24H,15-16H2,1-4H3,(H,26,29)/t24-/m1/s1. The molecule has 2 heterocycles. The predicted octanol–water partition coefficient (Wildman–Crippen LogP) is 5.87. The SMILES string of the molecule is Cc1cccc(NC(=O)N2CCn3cccc3[C@H]2c2ccc(C(C)C)cc2)c1C. The molecule has 4 rings (SSSR count). The highest BCUT2D eigenvalue weighted by Gasteiger charge is 2.32. The van der Waals surface area contributed by atoms with Gasteiger partial charge in [0.25, 0.3) is 0 Å². The maximum Gasteiger partial charge on any atom is 0.322 e. The van der Waals surface area contributed by atoms with E-state index in [4.69, 9.17) is 0 Å². The highest BCUT2D eigenvalue weighted by Crippen LogP contribution is 2.34. The summed E-state index contributed by atoms with van der Waals surface area (Å²) in [6.45, 7) is 10.00. The quantitative estimate of drug-likeness (QED) is 0.600. The van der Waals surface area contributed by atoms with Crippen LogP contribution in [0.2, 0.25) is 0 Å². The lowest BCUT2D eigenvalue weighted by Crippen LogP contribution is -2.44. The summed E-state index contributed by atoms with van der Waals surface area (Å²) < 4.78 is 2.25. The summed E-state index contributed by atoms with van der Waals surface area (Å²) in [5, 5.41) is 3.15. The molecule has 2 amide bonds. The number of anilines is 1. The maximum absolute atomic E-state index is 13.3. The fraction of sp³-hybridized carbons (Fsp3) is 0.320. The van der Waals surface area contributed by atoms with E-state index in [1.807, 2.05) is 17.0 Å². The molecule has 4 nitrogen and oxygen atoms in total. The number of aryl methyl sites for hydroxylation is 1. The first-order chi connectivity index (χ1) is 14.0. The first-order valence-corrected chi connectivity index (χ1v) is 10.3. The largest absolute Gasteiger partial charge is 0.348 e. The zero-order valence-corrected chi connectivity index (χ0v) is 17.6. The molecule has 0 fully saturated rings. The lowest BCUT2D eigenvalue weighted by molar-refractivity contribution is 0.182. The Morgan fingerprint density at radius 1 is 1.00 bits per heavy atom. The van der Waals surface area contributed by atoms with Crippen molar-refractivity contribution in [1.82, 2.24) is 9.47 Å². The van der Waals surface area contributed by atoms with Crippen molar-refractivity contribution in [3.05, 3.63) is 88.7 Å². The van der Waals surface area contributed by atoms with E-state index in [1.54, 1.807) is 0 Å². The zero-order chi connectivity index (χ0) is 20.5. The van der Waals surface area contributed by atoms with Gasteiger partial charge >= 0.3 is 6.03 Å². The monoisotopic (exact) mass is 387 g/mol. The van der Waals surface area contributed by atoms with E-state index in [0.29, 0.717) is 12.5 Å². The predicted molar refractivity (Wildman–Crippen MR) is 118 cm³/mol. The topological polar surface area (TPSA) is 37.3 Å². The Kier molecular flexibility index (Phi) is 5.18. The van der Waals surface area contributed by atoms with Gasteiger partial charge in [0.2, 0.25) is 0 Å². The molecular formula is C25H29N3O. The van der Waals surface area contributed by atoms with Gasteiger partial charge in [0, 0.05) is 30.7 Å². The van der Waals surface area contributed by atoms with Gasteiger partial charge in [-0.05, 0) is 60.2 Å². The fourth-order valence-electron chi connectivity index (χ4n) is 4.09. The van der Waals surface area contributed by atoms with Crippen LogP contribution in [0.5, 0.6) is 0 Å². The normalized spacial score (nSPS) is 16.0. The molecule has 0 spiro atoms. The summed E-state index contributed by atoms with van der Waals surface area (Å²) in [5.41, 5.74) is 6.78.